The summed E-state index contributed by atoms with van der Waals surface area (Å²) in [5.41, 5.74) is 1.68. The lowest BCUT2D eigenvalue weighted by Crippen LogP contribution is -2.48. The minimum Gasteiger partial charge on any atom is -0.478 e. The summed E-state index contributed by atoms with van der Waals surface area (Å²) < 4.78 is 22.4. The molecule has 4 bridgehead atoms. The molecular formula is C28H32O7. The molecule has 0 aromatic heterocycles. The van der Waals surface area contributed by atoms with E-state index in [1.165, 1.54) is 43.5 Å². The van der Waals surface area contributed by atoms with Gasteiger partial charge >= 0.3 is 11.9 Å². The molecule has 4 aliphatic rings. The molecule has 0 saturated heterocycles. The van der Waals surface area contributed by atoms with Crippen LogP contribution in [0.25, 0.3) is 0 Å². The summed E-state index contributed by atoms with van der Waals surface area (Å²) in [5, 5.41) is 9.08. The van der Waals surface area contributed by atoms with Crippen LogP contribution in [0.4, 0.5) is 0 Å². The summed E-state index contributed by atoms with van der Waals surface area (Å²) in [7, 11) is 1.58. The number of carbonyl (C=O) groups is 2. The van der Waals surface area contributed by atoms with Crippen LogP contribution in [0, 0.1) is 17.8 Å². The van der Waals surface area contributed by atoms with Crippen LogP contribution in [0.2, 0.25) is 0 Å². The second kappa shape index (κ2) is 9.63. The van der Waals surface area contributed by atoms with Crippen molar-refractivity contribution in [2.75, 3.05) is 13.9 Å². The van der Waals surface area contributed by atoms with Gasteiger partial charge in [0.25, 0.3) is 0 Å². The van der Waals surface area contributed by atoms with Crippen molar-refractivity contribution in [2.45, 2.75) is 57.2 Å². The molecule has 6 rings (SSSR count). The minimum absolute atomic E-state index is 0.0103. The monoisotopic (exact) mass is 480 g/mol. The van der Waals surface area contributed by atoms with Gasteiger partial charge in [-0.3, -0.25) is 0 Å². The molecule has 35 heavy (non-hydrogen) atoms. The van der Waals surface area contributed by atoms with Crippen LogP contribution in [-0.4, -0.2) is 37.2 Å². The van der Waals surface area contributed by atoms with E-state index in [-0.39, 0.29) is 24.1 Å². The summed E-state index contributed by atoms with van der Waals surface area (Å²) >= 11 is 0. The number of benzene rings is 2. The lowest BCUT2D eigenvalue weighted by atomic mass is 9.48. The molecular weight excluding hydrogens is 448 g/mol. The standard InChI is InChI=1S/C28H32O7/c1-17(32-2)33-16-34-25-8-5-22(27(31)35-23-6-3-21(4-7-23)26(29)30)12-24(25)28-13-18-9-19(14-28)11-20(10-18)15-28/h3-8,12,17-20H,9-11,13-16H2,1-2H3,(H,29,30). The Kier molecular flexibility index (Phi) is 6.55. The fourth-order valence-corrected chi connectivity index (χ4v) is 6.73. The molecule has 1 unspecified atom stereocenters. The average molecular weight is 481 g/mol. The first-order valence-electron chi connectivity index (χ1n) is 12.3. The van der Waals surface area contributed by atoms with E-state index in [2.05, 4.69) is 0 Å². The highest BCUT2D eigenvalue weighted by molar-refractivity contribution is 5.92. The van der Waals surface area contributed by atoms with E-state index in [0.29, 0.717) is 11.3 Å². The third-order valence-corrected chi connectivity index (χ3v) is 7.99. The predicted octanol–water partition coefficient (Wildman–Crippen LogP) is 5.42. The van der Waals surface area contributed by atoms with Crippen LogP contribution in [0.1, 0.15) is 71.7 Å². The van der Waals surface area contributed by atoms with E-state index in [4.69, 9.17) is 24.1 Å². The highest BCUT2D eigenvalue weighted by Crippen LogP contribution is 2.62. The van der Waals surface area contributed by atoms with Gasteiger partial charge in [0.1, 0.15) is 11.5 Å². The van der Waals surface area contributed by atoms with Crippen molar-refractivity contribution < 1.29 is 33.6 Å². The van der Waals surface area contributed by atoms with Crippen molar-refractivity contribution in [3.8, 4) is 11.5 Å². The smallest absolute Gasteiger partial charge is 0.343 e. The van der Waals surface area contributed by atoms with Crippen molar-refractivity contribution in [3.63, 3.8) is 0 Å². The van der Waals surface area contributed by atoms with Gasteiger partial charge in [0.2, 0.25) is 0 Å². The number of hydrogen-bond acceptors (Lipinski definition) is 6. The van der Waals surface area contributed by atoms with E-state index < -0.39 is 11.9 Å². The molecule has 7 heteroatoms. The molecule has 0 aliphatic heterocycles. The Morgan fingerprint density at radius 1 is 0.971 bits per heavy atom. The zero-order valence-electron chi connectivity index (χ0n) is 20.2. The Balaban J connectivity index is 1.41. The molecule has 4 aliphatic carbocycles. The number of methoxy groups -OCH3 is 1. The van der Waals surface area contributed by atoms with Crippen molar-refractivity contribution >= 4 is 11.9 Å². The summed E-state index contributed by atoms with van der Waals surface area (Å²) in [4.78, 5) is 24.1. The third kappa shape index (κ3) is 4.93. The normalized spacial score (nSPS) is 27.4. The predicted molar refractivity (Wildman–Crippen MR) is 128 cm³/mol. The largest absolute Gasteiger partial charge is 0.478 e. The summed E-state index contributed by atoms with van der Waals surface area (Å²) in [6, 6.07) is 11.3. The first-order chi connectivity index (χ1) is 16.8. The number of carbonyl (C=O) groups excluding carboxylic acids is 1. The van der Waals surface area contributed by atoms with E-state index in [1.807, 2.05) is 19.1 Å². The van der Waals surface area contributed by atoms with Crippen molar-refractivity contribution in [2.24, 2.45) is 17.8 Å². The molecule has 7 nitrogen and oxygen atoms in total. The maximum absolute atomic E-state index is 13.0. The van der Waals surface area contributed by atoms with Crippen molar-refractivity contribution in [3.05, 3.63) is 59.2 Å². The van der Waals surface area contributed by atoms with Gasteiger partial charge in [-0.2, -0.15) is 0 Å². The topological polar surface area (TPSA) is 91.3 Å². The molecule has 1 atom stereocenters. The molecule has 1 N–H and O–H groups in total. The molecule has 186 valence electrons. The number of ether oxygens (including phenoxy) is 4. The Morgan fingerprint density at radius 3 is 2.14 bits per heavy atom. The molecule has 0 radical (unpaired) electrons. The van der Waals surface area contributed by atoms with Gasteiger partial charge < -0.3 is 24.1 Å². The van der Waals surface area contributed by atoms with Crippen LogP contribution >= 0.6 is 0 Å². The highest BCUT2D eigenvalue weighted by atomic mass is 16.7. The van der Waals surface area contributed by atoms with Crippen LogP contribution in [0.15, 0.2) is 42.5 Å². The average Bonchev–Trinajstić information content (AvgIpc) is 2.83. The Hall–Kier alpha value is -2.90. The van der Waals surface area contributed by atoms with Crippen LogP contribution in [0.5, 0.6) is 11.5 Å². The van der Waals surface area contributed by atoms with E-state index in [0.717, 1.165) is 48.3 Å². The SMILES string of the molecule is COC(C)OCOc1ccc(C(=O)Oc2ccc(C(=O)O)cc2)cc1C12CC3CC(CC(C3)C1)C2. The van der Waals surface area contributed by atoms with Gasteiger partial charge in [-0.05, 0) is 111 Å². The third-order valence-electron chi connectivity index (χ3n) is 7.99. The minimum atomic E-state index is -1.03. The van der Waals surface area contributed by atoms with E-state index in [9.17, 15) is 9.59 Å². The quantitative estimate of drug-likeness (QED) is 0.291. The number of rotatable bonds is 9. The van der Waals surface area contributed by atoms with Crippen molar-refractivity contribution in [1.82, 2.24) is 0 Å². The second-order valence-electron chi connectivity index (χ2n) is 10.4. The van der Waals surface area contributed by atoms with Gasteiger partial charge in [0, 0.05) is 12.7 Å². The number of carboxylic acid groups (broad SMARTS) is 1. The summed E-state index contributed by atoms with van der Waals surface area (Å²) in [5.74, 6) is 1.76. The van der Waals surface area contributed by atoms with E-state index in [1.54, 1.807) is 13.2 Å². The van der Waals surface area contributed by atoms with Crippen molar-refractivity contribution in [1.29, 1.82) is 0 Å². The molecule has 0 heterocycles. The van der Waals surface area contributed by atoms with Gasteiger partial charge in [-0.15, -0.1) is 0 Å². The highest BCUT2D eigenvalue weighted by Gasteiger charge is 2.52. The van der Waals surface area contributed by atoms with Crippen LogP contribution < -0.4 is 9.47 Å². The molecule has 2 aromatic rings. The lowest BCUT2D eigenvalue weighted by Gasteiger charge is -2.57. The fourth-order valence-electron chi connectivity index (χ4n) is 6.73. The van der Waals surface area contributed by atoms with Crippen LogP contribution in [-0.2, 0) is 14.9 Å². The Morgan fingerprint density at radius 2 is 1.57 bits per heavy atom. The van der Waals surface area contributed by atoms with Gasteiger partial charge in [0.05, 0.1) is 11.1 Å². The zero-order chi connectivity index (χ0) is 24.6. The molecule has 4 saturated carbocycles. The van der Waals surface area contributed by atoms with E-state index >= 15 is 0 Å². The Labute approximate surface area is 205 Å². The number of hydrogen-bond donors (Lipinski definition) is 1. The van der Waals surface area contributed by atoms with Gasteiger partial charge in [0.15, 0.2) is 13.1 Å². The first kappa shape index (κ1) is 23.8. The molecule has 0 amide bonds. The summed E-state index contributed by atoms with van der Waals surface area (Å²) in [6.07, 6.45) is 6.95. The summed E-state index contributed by atoms with van der Waals surface area (Å²) in [6.45, 7) is 1.87. The maximum atomic E-state index is 13.0. The van der Waals surface area contributed by atoms with Gasteiger partial charge in [-0.1, -0.05) is 0 Å². The maximum Gasteiger partial charge on any atom is 0.343 e. The number of carboxylic acids is 1. The fraction of sp³-hybridized carbons (Fsp3) is 0.500. The number of aromatic carboxylic acids is 1. The van der Waals surface area contributed by atoms with Crippen LogP contribution in [0.3, 0.4) is 0 Å². The molecule has 0 spiro atoms. The Bertz CT molecular complexity index is 1060. The second-order valence-corrected chi connectivity index (χ2v) is 10.4. The molecule has 4 fully saturated rings. The molecule has 2 aromatic carbocycles. The number of esters is 1. The van der Waals surface area contributed by atoms with Gasteiger partial charge in [-0.25, -0.2) is 9.59 Å². The lowest BCUT2D eigenvalue weighted by molar-refractivity contribution is -0.150. The zero-order valence-corrected chi connectivity index (χ0v) is 20.2. The first-order valence-corrected chi connectivity index (χ1v) is 12.3.